The molecule has 0 aliphatic carbocycles. The zero-order chi connectivity index (χ0) is 67.4. The van der Waals surface area contributed by atoms with Crippen LogP contribution in [0.3, 0.4) is 0 Å². The van der Waals surface area contributed by atoms with Crippen LogP contribution in [-0.4, -0.2) is 47.6 Å². The van der Waals surface area contributed by atoms with Crippen LogP contribution in [-0.2, 0) is 54.5 Å². The Morgan fingerprint density at radius 1 is 0.419 bits per heavy atom. The third-order valence-electron chi connectivity index (χ3n) is 15.1. The topological polar surface area (TPSA) is 31.4 Å². The second kappa shape index (κ2) is 41.0. The Balaban J connectivity index is 0.000000396. The van der Waals surface area contributed by atoms with Crippen molar-refractivity contribution in [2.75, 3.05) is 45.8 Å². The van der Waals surface area contributed by atoms with E-state index in [0.29, 0.717) is 0 Å². The fraction of sp³-hybridized carbons (Fsp3) is 0.342. The first kappa shape index (κ1) is 83.7. The van der Waals surface area contributed by atoms with Gasteiger partial charge in [0.25, 0.3) is 0 Å². The van der Waals surface area contributed by atoms with Crippen LogP contribution in [0.25, 0.3) is 0 Å². The Morgan fingerprint density at radius 2 is 0.667 bits per heavy atom. The van der Waals surface area contributed by atoms with Gasteiger partial charge in [0, 0.05) is 50.4 Å². The zero-order valence-electron chi connectivity index (χ0n) is 58.3. The van der Waals surface area contributed by atoms with Gasteiger partial charge in [-0.15, -0.1) is 0 Å². The van der Waals surface area contributed by atoms with E-state index in [1.165, 1.54) is 112 Å². The van der Waals surface area contributed by atoms with E-state index >= 15 is 0 Å². The molecule has 0 atom stereocenters. The maximum absolute atomic E-state index is 5.82. The summed E-state index contributed by atoms with van der Waals surface area (Å²) in [5, 5.41) is 0. The van der Waals surface area contributed by atoms with Crippen LogP contribution in [0.15, 0.2) is 143 Å². The van der Waals surface area contributed by atoms with Crippen molar-refractivity contribution in [1.29, 1.82) is 0 Å². The summed E-state index contributed by atoms with van der Waals surface area (Å²) >= 11 is 8.23. The Bertz CT molecular complexity index is 3350. The van der Waals surface area contributed by atoms with Gasteiger partial charge in [-0.25, -0.2) is 0 Å². The maximum Gasteiger partial charge on any atom is 1.00 e. The predicted molar refractivity (Wildman–Crippen MR) is 405 cm³/mol. The quantitative estimate of drug-likeness (QED) is 0.0761. The molecule has 2 fully saturated rings. The van der Waals surface area contributed by atoms with Crippen LogP contribution in [0, 0.1) is 124 Å². The molecule has 0 aromatic heterocycles. The molecule has 8 aromatic carbocycles. The van der Waals surface area contributed by atoms with Gasteiger partial charge in [-0.05, 0) is 155 Å². The number of ether oxygens (including phenoxy) is 2. The molecule has 2 aliphatic rings. The molecule has 503 valence electrons. The third-order valence-corrected chi connectivity index (χ3v) is 19.4. The fourth-order valence-corrected chi connectivity index (χ4v) is 14.9. The molecule has 0 spiro atoms. The van der Waals surface area contributed by atoms with Crippen LogP contribution in [0.1, 0.15) is 137 Å². The zero-order valence-corrected chi connectivity index (χ0v) is 68.8. The van der Waals surface area contributed by atoms with E-state index in [2.05, 4.69) is 165 Å². The van der Waals surface area contributed by atoms with Gasteiger partial charge >= 0.3 is 239 Å². The van der Waals surface area contributed by atoms with Gasteiger partial charge < -0.3 is 44.9 Å². The van der Waals surface area contributed by atoms with Crippen LogP contribution < -0.4 is 80.5 Å². The molecule has 0 bridgehead atoms. The minimum atomic E-state index is -1.77. The predicted octanol–water partition coefficient (Wildman–Crippen LogP) is 18.7. The van der Waals surface area contributed by atoms with E-state index in [1.54, 1.807) is 0 Å². The minimum Gasteiger partial charge on any atom is -0.779 e. The Morgan fingerprint density at radius 3 is 0.903 bits per heavy atom. The Kier molecular flexibility index (Phi) is 36.9. The Labute approximate surface area is 642 Å². The molecule has 8 aromatic rings. The minimum absolute atomic E-state index is 0. The molecule has 6 nitrogen and oxygen atoms in total. The van der Waals surface area contributed by atoms with E-state index in [0.717, 1.165) is 58.6 Å². The number of halogens is 3. The molecule has 2 saturated heterocycles. The van der Waals surface area contributed by atoms with Gasteiger partial charge in [0.15, 0.2) is 0 Å². The number of hydrogen-bond acceptors (Lipinski definition) is 8. The van der Waals surface area contributed by atoms with Gasteiger partial charge in [-0.2, -0.15) is 23.1 Å². The van der Waals surface area contributed by atoms with Crippen molar-refractivity contribution in [3.05, 3.63) is 247 Å². The van der Waals surface area contributed by atoms with Gasteiger partial charge in [0.1, 0.15) is 0 Å². The summed E-state index contributed by atoms with van der Waals surface area (Å²) in [7, 11) is 17.4. The second-order valence-electron chi connectivity index (χ2n) is 24.3. The molecule has 0 amide bonds. The van der Waals surface area contributed by atoms with Crippen molar-refractivity contribution in [3.63, 3.8) is 0 Å². The van der Waals surface area contributed by atoms with Gasteiger partial charge in [0.05, 0.1) is 0 Å². The first-order valence-electron chi connectivity index (χ1n) is 30.9. The number of benzene rings is 8. The first-order chi connectivity index (χ1) is 43.0. The SMILES string of the molecule is C.CC(C)Oc1ccccc1[CH]=[Ru]([Cl])[Cl].CC(C)Oc1ccccc1[CH]=[Ru][Cl].Cc1cc(C)c(N2[CH-]N(c3c(C)cc(C)cc3C)CC2)c(C)c1.Cc1cc(C)c(N2[CH-]N(c3c(C)cc(C)cc3C)CC2)c(C)c1.Cc1cccc(C)c1[S-].Cc1cccc(C)c1[S-].[HH].[K+]. The van der Waals surface area contributed by atoms with Crippen molar-refractivity contribution in [2.45, 2.75) is 168 Å². The molecule has 2 heterocycles. The van der Waals surface area contributed by atoms with Crippen LogP contribution >= 0.6 is 29.1 Å². The normalized spacial score (nSPS) is 12.5. The van der Waals surface area contributed by atoms with E-state index in [4.69, 9.17) is 63.8 Å². The number of para-hydroxylation sites is 2. The fourth-order valence-electron chi connectivity index (χ4n) is 11.8. The van der Waals surface area contributed by atoms with E-state index in [-0.39, 0.29) is 88.1 Å². The smallest absolute Gasteiger partial charge is 0.779 e. The summed E-state index contributed by atoms with van der Waals surface area (Å²) in [4.78, 5) is 11.6. The van der Waals surface area contributed by atoms with Crippen molar-refractivity contribution in [1.82, 2.24) is 0 Å². The van der Waals surface area contributed by atoms with E-state index in [9.17, 15) is 0 Å². The number of rotatable bonds is 10. The van der Waals surface area contributed by atoms with E-state index in [1.807, 2.05) is 150 Å². The number of aryl methyl sites for hydroxylation is 16. The maximum atomic E-state index is 5.82. The summed E-state index contributed by atoms with van der Waals surface area (Å²) in [6, 6.07) is 46.2. The third kappa shape index (κ3) is 26.0. The standard InChI is InChI=1S/2C21H27N2.2C10H12O.2C8H10S.CH4.3ClH.K.2Ru.H2/c2*1-14-9-16(3)20(17(4)10-14)22-7-8-23(13-22)21-18(5)11-15(2)12-19(21)6;2*1-8(2)11-10-7-5-4-6-9(10)3;2*1-6-4-3-5-7(2)8(6)9;;;;;;;;/h2*9-13H,7-8H2,1-6H3;2*3-8H,1-2H3;2*3-5,9H,1-2H3;1H4;3*1H;;;;1H/q2*-1;;;;;;;;;2*+1;+2;/p-5. The number of nitrogens with zero attached hydrogens (tertiary/aromatic N) is 4. The van der Waals surface area contributed by atoms with Crippen LogP contribution in [0.4, 0.5) is 22.7 Å². The summed E-state index contributed by atoms with van der Waals surface area (Å²) in [6.07, 6.45) is 0.372. The summed E-state index contributed by atoms with van der Waals surface area (Å²) in [5.74, 6) is 1.77. The molecule has 10 rings (SSSR count). The molecule has 0 N–H and O–H groups in total. The van der Waals surface area contributed by atoms with Crippen molar-refractivity contribution < 1.29 is 91.5 Å². The van der Waals surface area contributed by atoms with Crippen molar-refractivity contribution >= 4 is 86.3 Å². The first-order valence-corrected chi connectivity index (χ1v) is 40.5. The molecule has 0 unspecified atom stereocenters. The van der Waals surface area contributed by atoms with Crippen molar-refractivity contribution in [3.8, 4) is 11.5 Å². The van der Waals surface area contributed by atoms with E-state index < -0.39 is 13.5 Å². The number of hydrogen-bond donors (Lipinski definition) is 0. The molecule has 0 saturated carbocycles. The Hall–Kier alpha value is -3.51. The molecule has 0 radical (unpaired) electrons. The number of anilines is 4. The van der Waals surface area contributed by atoms with Gasteiger partial charge in [-0.1, -0.05) is 137 Å². The van der Waals surface area contributed by atoms with Crippen LogP contribution in [0.5, 0.6) is 11.5 Å². The average molecular weight is 1550 g/mol. The largest absolute Gasteiger partial charge is 1.00 e. The molecular weight excluding hydrogens is 1450 g/mol. The molecule has 93 heavy (non-hydrogen) atoms. The van der Waals surface area contributed by atoms with Gasteiger partial charge in [0.2, 0.25) is 0 Å². The summed E-state index contributed by atoms with van der Waals surface area (Å²) < 4.78 is 15.2. The second-order valence-corrected chi connectivity index (χ2v) is 32.7. The molecule has 14 heteroatoms. The summed E-state index contributed by atoms with van der Waals surface area (Å²) in [5.41, 5.74) is 28.6. The van der Waals surface area contributed by atoms with Crippen LogP contribution in [0.2, 0.25) is 0 Å². The average Bonchev–Trinajstić information content (AvgIpc) is 1.64. The molecule has 2 aliphatic heterocycles. The van der Waals surface area contributed by atoms with Crippen molar-refractivity contribution in [2.24, 2.45) is 0 Å². The van der Waals surface area contributed by atoms with Gasteiger partial charge in [-0.3, -0.25) is 0 Å². The molecular formula is C79H102Cl3KN4O2Ru2S2-3. The monoisotopic (exact) mass is 1550 g/mol. The summed E-state index contributed by atoms with van der Waals surface area (Å²) in [6.45, 7) is 51.3.